The summed E-state index contributed by atoms with van der Waals surface area (Å²) in [5.41, 5.74) is -0.198. The molecular weight excluding hydrogens is 353 g/mol. The summed E-state index contributed by atoms with van der Waals surface area (Å²) in [5.74, 6) is -0.453. The highest BCUT2D eigenvalue weighted by molar-refractivity contribution is 9.10. The fourth-order valence-corrected chi connectivity index (χ4v) is 2.93. The number of rotatable bonds is 3. The monoisotopic (exact) mass is 368 g/mol. The van der Waals surface area contributed by atoms with Gasteiger partial charge in [0, 0.05) is 36.2 Å². The molecule has 1 saturated heterocycles. The van der Waals surface area contributed by atoms with Crippen molar-refractivity contribution in [1.29, 1.82) is 0 Å². The Hall–Kier alpha value is -0.990. The zero-order valence-electron chi connectivity index (χ0n) is 11.4. The zero-order chi connectivity index (χ0) is 15.6. The molecule has 0 bridgehead atoms. The molecule has 0 aromatic heterocycles. The number of methoxy groups -OCH3 is 1. The van der Waals surface area contributed by atoms with Gasteiger partial charge in [-0.3, -0.25) is 4.90 Å². The van der Waals surface area contributed by atoms with Gasteiger partial charge in [0.15, 0.2) is 11.5 Å². The minimum Gasteiger partial charge on any atom is -0.504 e. The molecule has 1 atom stereocenters. The highest BCUT2D eigenvalue weighted by Crippen LogP contribution is 2.45. The number of phenolic OH excluding ortho intramolecular Hbond substituents is 1. The van der Waals surface area contributed by atoms with E-state index in [-0.39, 0.29) is 24.4 Å². The molecule has 2 N–H and O–H groups in total. The van der Waals surface area contributed by atoms with Crippen LogP contribution in [0.1, 0.15) is 11.6 Å². The second-order valence-corrected chi connectivity index (χ2v) is 5.69. The third-order valence-electron chi connectivity index (χ3n) is 3.41. The number of hydrogen-bond donors (Lipinski definition) is 2. The van der Waals surface area contributed by atoms with Gasteiger partial charge in [-0.2, -0.15) is 13.2 Å². The second-order valence-electron chi connectivity index (χ2n) is 4.78. The number of aromatic hydroxyl groups is 1. The van der Waals surface area contributed by atoms with Crippen molar-refractivity contribution in [3.05, 3.63) is 22.2 Å². The predicted molar refractivity (Wildman–Crippen MR) is 75.6 cm³/mol. The summed E-state index contributed by atoms with van der Waals surface area (Å²) in [4.78, 5) is 1.32. The smallest absolute Gasteiger partial charge is 0.408 e. The Bertz CT molecular complexity index is 505. The number of piperazine rings is 1. The highest BCUT2D eigenvalue weighted by atomic mass is 79.9. The summed E-state index contributed by atoms with van der Waals surface area (Å²) in [6, 6.07) is 0.869. The van der Waals surface area contributed by atoms with E-state index in [9.17, 15) is 18.3 Å². The van der Waals surface area contributed by atoms with Gasteiger partial charge >= 0.3 is 6.18 Å². The second kappa shape index (κ2) is 6.41. The van der Waals surface area contributed by atoms with Crippen LogP contribution >= 0.6 is 15.9 Å². The number of nitrogens with zero attached hydrogens (tertiary/aromatic N) is 1. The molecule has 21 heavy (non-hydrogen) atoms. The molecule has 0 unspecified atom stereocenters. The molecule has 2 rings (SSSR count). The Morgan fingerprint density at radius 2 is 1.95 bits per heavy atom. The van der Waals surface area contributed by atoms with Gasteiger partial charge in [-0.15, -0.1) is 0 Å². The van der Waals surface area contributed by atoms with E-state index in [0.29, 0.717) is 17.6 Å². The molecule has 4 nitrogen and oxygen atoms in total. The van der Waals surface area contributed by atoms with E-state index in [4.69, 9.17) is 4.74 Å². The molecule has 8 heteroatoms. The maximum Gasteiger partial charge on any atom is 0.408 e. The topological polar surface area (TPSA) is 44.7 Å². The lowest BCUT2D eigenvalue weighted by atomic mass is 10.0. The molecule has 1 aliphatic rings. The van der Waals surface area contributed by atoms with E-state index >= 15 is 0 Å². The van der Waals surface area contributed by atoms with E-state index in [1.165, 1.54) is 24.1 Å². The zero-order valence-corrected chi connectivity index (χ0v) is 13.0. The minimum atomic E-state index is -4.49. The third-order valence-corrected chi connectivity index (χ3v) is 3.87. The van der Waals surface area contributed by atoms with Crippen LogP contribution in [-0.4, -0.2) is 49.5 Å². The first-order chi connectivity index (χ1) is 9.84. The van der Waals surface area contributed by atoms with E-state index in [0.717, 1.165) is 0 Å². The lowest BCUT2D eigenvalue weighted by molar-refractivity contribution is -0.188. The summed E-state index contributed by atoms with van der Waals surface area (Å²) in [5, 5.41) is 13.1. The summed E-state index contributed by atoms with van der Waals surface area (Å²) >= 11 is 3.16. The number of benzene rings is 1. The first kappa shape index (κ1) is 16.4. The molecule has 0 saturated carbocycles. The largest absolute Gasteiger partial charge is 0.504 e. The molecule has 1 aromatic carbocycles. The van der Waals surface area contributed by atoms with E-state index in [1.807, 2.05) is 0 Å². The third kappa shape index (κ3) is 3.61. The molecule has 1 aromatic rings. The van der Waals surface area contributed by atoms with Crippen LogP contribution in [0.4, 0.5) is 13.2 Å². The normalized spacial score (nSPS) is 18.5. The average Bonchev–Trinajstić information content (AvgIpc) is 2.42. The molecule has 1 aliphatic heterocycles. The van der Waals surface area contributed by atoms with Crippen molar-refractivity contribution >= 4 is 15.9 Å². The quantitative estimate of drug-likeness (QED) is 0.860. The first-order valence-corrected chi connectivity index (χ1v) is 7.21. The fraction of sp³-hybridized carbons (Fsp3) is 0.538. The van der Waals surface area contributed by atoms with Crippen LogP contribution in [-0.2, 0) is 0 Å². The Morgan fingerprint density at radius 1 is 1.33 bits per heavy atom. The summed E-state index contributed by atoms with van der Waals surface area (Å²) < 4.78 is 45.9. The Morgan fingerprint density at radius 3 is 2.48 bits per heavy atom. The maximum absolute atomic E-state index is 13.5. The highest BCUT2D eigenvalue weighted by Gasteiger charge is 2.46. The van der Waals surface area contributed by atoms with Gasteiger partial charge in [0.25, 0.3) is 0 Å². The van der Waals surface area contributed by atoms with Gasteiger partial charge in [-0.1, -0.05) is 15.9 Å². The Kier molecular flexibility index (Phi) is 5.00. The van der Waals surface area contributed by atoms with E-state index < -0.39 is 18.0 Å². The van der Waals surface area contributed by atoms with Gasteiger partial charge in [0.2, 0.25) is 0 Å². The van der Waals surface area contributed by atoms with Crippen molar-refractivity contribution in [2.24, 2.45) is 0 Å². The van der Waals surface area contributed by atoms with Crippen LogP contribution in [0.25, 0.3) is 0 Å². The molecule has 0 spiro atoms. The minimum absolute atomic E-state index is 0.0174. The van der Waals surface area contributed by atoms with Gasteiger partial charge in [0.1, 0.15) is 6.04 Å². The van der Waals surface area contributed by atoms with Crippen molar-refractivity contribution in [3.8, 4) is 11.5 Å². The van der Waals surface area contributed by atoms with Crippen LogP contribution in [0.5, 0.6) is 11.5 Å². The van der Waals surface area contributed by atoms with Crippen LogP contribution in [0, 0.1) is 0 Å². The Balaban J connectivity index is 2.48. The fourth-order valence-electron chi connectivity index (χ4n) is 2.48. The van der Waals surface area contributed by atoms with Gasteiger partial charge < -0.3 is 15.2 Å². The maximum atomic E-state index is 13.5. The van der Waals surface area contributed by atoms with Gasteiger partial charge in [0.05, 0.1) is 7.11 Å². The molecule has 0 amide bonds. The number of alkyl halides is 3. The van der Waals surface area contributed by atoms with Crippen molar-refractivity contribution in [3.63, 3.8) is 0 Å². The molecule has 0 radical (unpaired) electrons. The molecule has 1 heterocycles. The summed E-state index contributed by atoms with van der Waals surface area (Å²) in [7, 11) is 1.30. The lowest BCUT2D eigenvalue weighted by Gasteiger charge is -2.36. The van der Waals surface area contributed by atoms with Crippen molar-refractivity contribution < 1.29 is 23.0 Å². The van der Waals surface area contributed by atoms with Crippen molar-refractivity contribution in [2.75, 3.05) is 33.3 Å². The average molecular weight is 369 g/mol. The number of hydrogen-bond acceptors (Lipinski definition) is 4. The van der Waals surface area contributed by atoms with Crippen LogP contribution in [0.3, 0.4) is 0 Å². The number of ether oxygens (including phenoxy) is 1. The SMILES string of the molecule is COc1cc(Br)cc([C@@H](N2CCNCC2)C(F)(F)F)c1O. The van der Waals surface area contributed by atoms with Crippen LogP contribution in [0.2, 0.25) is 0 Å². The number of phenols is 1. The molecule has 1 fully saturated rings. The van der Waals surface area contributed by atoms with Crippen LogP contribution < -0.4 is 10.1 Å². The van der Waals surface area contributed by atoms with E-state index in [1.54, 1.807) is 0 Å². The lowest BCUT2D eigenvalue weighted by Crippen LogP contribution is -2.49. The molecular formula is C13H16BrF3N2O2. The first-order valence-electron chi connectivity index (χ1n) is 6.42. The summed E-state index contributed by atoms with van der Waals surface area (Å²) in [6.45, 7) is 1.49. The number of nitrogens with one attached hydrogen (secondary N) is 1. The number of halogens is 4. The summed E-state index contributed by atoms with van der Waals surface area (Å²) in [6.07, 6.45) is -4.49. The van der Waals surface area contributed by atoms with Crippen molar-refractivity contribution in [2.45, 2.75) is 12.2 Å². The molecule has 0 aliphatic carbocycles. The van der Waals surface area contributed by atoms with Gasteiger partial charge in [-0.05, 0) is 12.1 Å². The molecule has 118 valence electrons. The Labute approximate surface area is 129 Å². The predicted octanol–water partition coefficient (Wildman–Crippen LogP) is 2.67. The van der Waals surface area contributed by atoms with Crippen LogP contribution in [0.15, 0.2) is 16.6 Å². The van der Waals surface area contributed by atoms with E-state index in [2.05, 4.69) is 21.2 Å². The van der Waals surface area contributed by atoms with Gasteiger partial charge in [-0.25, -0.2) is 0 Å². The standard InChI is InChI=1S/C13H16BrF3N2O2/c1-21-10-7-8(14)6-9(11(10)20)12(13(15,16)17)19-4-2-18-3-5-19/h6-7,12,18,20H,2-5H2,1H3/t12-/m1/s1. The van der Waals surface area contributed by atoms with Crippen molar-refractivity contribution in [1.82, 2.24) is 10.2 Å².